The van der Waals surface area contributed by atoms with Gasteiger partial charge >= 0.3 is 6.09 Å². The average Bonchev–Trinajstić information content (AvgIpc) is 3.67. The number of benzene rings is 2. The Morgan fingerprint density at radius 2 is 1.67 bits per heavy atom. The Balaban J connectivity index is 2.07. The Morgan fingerprint density at radius 1 is 1.05 bits per heavy atom. The van der Waals surface area contributed by atoms with E-state index in [4.69, 9.17) is 11.2 Å². The molecule has 1 saturated carbocycles. The zero-order valence-corrected chi connectivity index (χ0v) is 24.1. The number of terminal acetylenes is 1. The first-order valence-electron chi connectivity index (χ1n) is 13.6. The first-order valence-corrected chi connectivity index (χ1v) is 13.6. The molecule has 0 aliphatic heterocycles. The van der Waals surface area contributed by atoms with Crippen molar-refractivity contribution in [2.45, 2.75) is 91.5 Å². The summed E-state index contributed by atoms with van der Waals surface area (Å²) in [7, 11) is 0. The maximum absolute atomic E-state index is 14.3. The zero-order chi connectivity index (χ0) is 28.9. The zero-order valence-electron chi connectivity index (χ0n) is 24.1. The van der Waals surface area contributed by atoms with Crippen molar-refractivity contribution in [2.75, 3.05) is 5.32 Å². The van der Waals surface area contributed by atoms with Crippen LogP contribution in [0.2, 0.25) is 0 Å². The number of hydrogen-bond acceptors (Lipinski definition) is 4. The molecule has 0 saturated heterocycles. The van der Waals surface area contributed by atoms with Gasteiger partial charge in [-0.2, -0.15) is 0 Å². The molecule has 208 valence electrons. The molecule has 1 fully saturated rings. The summed E-state index contributed by atoms with van der Waals surface area (Å²) in [5.74, 6) is 2.11. The van der Waals surface area contributed by atoms with Gasteiger partial charge in [-0.05, 0) is 82.6 Å². The molecular formula is C32H41N3O4. The largest absolute Gasteiger partial charge is 0.444 e. The Hall–Kier alpha value is -3.79. The van der Waals surface area contributed by atoms with Crippen molar-refractivity contribution in [3.8, 4) is 12.3 Å². The van der Waals surface area contributed by atoms with E-state index in [1.807, 2.05) is 58.0 Å². The quantitative estimate of drug-likeness (QED) is 0.395. The van der Waals surface area contributed by atoms with Gasteiger partial charge in [0.25, 0.3) is 5.91 Å². The minimum absolute atomic E-state index is 0.106. The highest BCUT2D eigenvalue weighted by Crippen LogP contribution is 2.38. The molecule has 7 nitrogen and oxygen atoms in total. The molecule has 7 heteroatoms. The van der Waals surface area contributed by atoms with Gasteiger partial charge in [-0.3, -0.25) is 9.59 Å². The van der Waals surface area contributed by atoms with Crippen LogP contribution in [0.3, 0.4) is 0 Å². The first kappa shape index (κ1) is 29.8. The van der Waals surface area contributed by atoms with E-state index in [9.17, 15) is 14.4 Å². The van der Waals surface area contributed by atoms with Crippen molar-refractivity contribution < 1.29 is 19.1 Å². The van der Waals surface area contributed by atoms with Crippen LogP contribution in [0, 0.1) is 32.1 Å². The Bertz CT molecular complexity index is 1230. The molecule has 2 aromatic rings. The van der Waals surface area contributed by atoms with E-state index in [2.05, 4.69) is 16.6 Å². The van der Waals surface area contributed by atoms with Crippen LogP contribution >= 0.6 is 0 Å². The number of hydrogen-bond donors (Lipinski definition) is 2. The number of carbonyl (C=O) groups is 3. The van der Waals surface area contributed by atoms with E-state index < -0.39 is 23.8 Å². The molecule has 0 spiro atoms. The van der Waals surface area contributed by atoms with Gasteiger partial charge in [0, 0.05) is 17.3 Å². The van der Waals surface area contributed by atoms with Gasteiger partial charge in [-0.15, -0.1) is 6.42 Å². The molecule has 2 atom stereocenters. The average molecular weight is 532 g/mol. The molecule has 2 unspecified atom stereocenters. The molecule has 0 heterocycles. The van der Waals surface area contributed by atoms with Crippen LogP contribution < -0.4 is 10.6 Å². The summed E-state index contributed by atoms with van der Waals surface area (Å²) in [4.78, 5) is 42.8. The lowest BCUT2D eigenvalue weighted by molar-refractivity contribution is -0.141. The van der Waals surface area contributed by atoms with Crippen LogP contribution in [0.5, 0.6) is 0 Å². The predicted molar refractivity (Wildman–Crippen MR) is 154 cm³/mol. The van der Waals surface area contributed by atoms with Crippen molar-refractivity contribution in [1.29, 1.82) is 0 Å². The van der Waals surface area contributed by atoms with Gasteiger partial charge in [-0.1, -0.05) is 56.2 Å². The standard InChI is InChI=1S/C32H41N3O4/c1-9-23-15-10-11-16-25(23)28(29(36)34-27-21(4)13-12-14-22(27)5)35(24-17-18-24)30(37)26(19-20(2)3)33-31(38)39-32(6,7)8/h1,10-16,20,24,26,28H,17-19H2,2-8H3,(H,33,38)(H,34,36). The Morgan fingerprint density at radius 3 is 2.21 bits per heavy atom. The number of aryl methyl sites for hydroxylation is 2. The topological polar surface area (TPSA) is 87.7 Å². The lowest BCUT2D eigenvalue weighted by atomic mass is 9.95. The number of amides is 3. The lowest BCUT2D eigenvalue weighted by Crippen LogP contribution is -2.53. The van der Waals surface area contributed by atoms with E-state index in [0.29, 0.717) is 23.2 Å². The second-order valence-electron chi connectivity index (χ2n) is 11.7. The van der Waals surface area contributed by atoms with Crippen molar-refractivity contribution in [2.24, 2.45) is 5.92 Å². The number of carbonyl (C=O) groups excluding carboxylic acids is 3. The number of nitrogens with zero attached hydrogens (tertiary/aromatic N) is 1. The molecule has 2 N–H and O–H groups in total. The van der Waals surface area contributed by atoms with Crippen LogP contribution in [0.1, 0.15) is 82.2 Å². The number of para-hydroxylation sites is 1. The minimum atomic E-state index is -0.980. The summed E-state index contributed by atoms with van der Waals surface area (Å²) in [6.07, 6.45) is 7.10. The van der Waals surface area contributed by atoms with Crippen LogP contribution in [-0.4, -0.2) is 40.5 Å². The van der Waals surface area contributed by atoms with Crippen molar-refractivity contribution in [3.05, 3.63) is 64.7 Å². The Kier molecular flexibility index (Phi) is 9.45. The monoisotopic (exact) mass is 531 g/mol. The lowest BCUT2D eigenvalue weighted by Gasteiger charge is -2.35. The van der Waals surface area contributed by atoms with Crippen molar-refractivity contribution >= 4 is 23.6 Å². The molecule has 3 rings (SSSR count). The summed E-state index contributed by atoms with van der Waals surface area (Å²) < 4.78 is 5.46. The van der Waals surface area contributed by atoms with E-state index in [0.717, 1.165) is 24.0 Å². The molecule has 1 aliphatic rings. The van der Waals surface area contributed by atoms with Crippen LogP contribution in [0.25, 0.3) is 0 Å². The van der Waals surface area contributed by atoms with Crippen LogP contribution in [0.15, 0.2) is 42.5 Å². The molecule has 0 aromatic heterocycles. The highest BCUT2D eigenvalue weighted by molar-refractivity contribution is 6.00. The number of nitrogens with one attached hydrogen (secondary N) is 2. The number of ether oxygens (including phenoxy) is 1. The normalized spacial score (nSPS) is 14.6. The molecule has 3 amide bonds. The molecule has 0 bridgehead atoms. The van der Waals surface area contributed by atoms with Gasteiger partial charge < -0.3 is 20.3 Å². The van der Waals surface area contributed by atoms with Gasteiger partial charge in [0.2, 0.25) is 5.91 Å². The van der Waals surface area contributed by atoms with Gasteiger partial charge in [0.05, 0.1) is 0 Å². The van der Waals surface area contributed by atoms with E-state index in [1.165, 1.54) is 0 Å². The molecule has 39 heavy (non-hydrogen) atoms. The highest BCUT2D eigenvalue weighted by Gasteiger charge is 2.44. The van der Waals surface area contributed by atoms with E-state index in [1.54, 1.807) is 37.8 Å². The second-order valence-corrected chi connectivity index (χ2v) is 11.7. The number of anilines is 1. The molecular weight excluding hydrogens is 490 g/mol. The fraction of sp³-hybridized carbons (Fsp3) is 0.469. The Labute approximate surface area is 232 Å². The maximum atomic E-state index is 14.3. The fourth-order valence-electron chi connectivity index (χ4n) is 4.68. The number of alkyl carbamates (subject to hydrolysis) is 1. The smallest absolute Gasteiger partial charge is 0.408 e. The fourth-order valence-corrected chi connectivity index (χ4v) is 4.68. The summed E-state index contributed by atoms with van der Waals surface area (Å²) in [5.41, 5.74) is 2.94. The van der Waals surface area contributed by atoms with Gasteiger partial charge in [-0.25, -0.2) is 4.79 Å². The maximum Gasteiger partial charge on any atom is 0.408 e. The van der Waals surface area contributed by atoms with Crippen LogP contribution in [0.4, 0.5) is 10.5 Å². The second kappa shape index (κ2) is 12.4. The van der Waals surface area contributed by atoms with Gasteiger partial charge in [0.1, 0.15) is 17.7 Å². The number of rotatable bonds is 9. The van der Waals surface area contributed by atoms with E-state index in [-0.39, 0.29) is 23.8 Å². The summed E-state index contributed by atoms with van der Waals surface area (Å²) >= 11 is 0. The molecule has 1 aliphatic carbocycles. The summed E-state index contributed by atoms with van der Waals surface area (Å²) in [5, 5.41) is 5.87. The van der Waals surface area contributed by atoms with Crippen LogP contribution in [-0.2, 0) is 14.3 Å². The van der Waals surface area contributed by atoms with E-state index >= 15 is 0 Å². The van der Waals surface area contributed by atoms with Gasteiger partial charge in [0.15, 0.2) is 0 Å². The van der Waals surface area contributed by atoms with Crippen molar-refractivity contribution in [1.82, 2.24) is 10.2 Å². The van der Waals surface area contributed by atoms with Crippen molar-refractivity contribution in [3.63, 3.8) is 0 Å². The SMILES string of the molecule is C#Cc1ccccc1C(C(=O)Nc1c(C)cccc1C)N(C(=O)C(CC(C)C)NC(=O)OC(C)(C)C)C1CC1. The third-order valence-corrected chi connectivity index (χ3v) is 6.56. The third kappa shape index (κ3) is 7.86. The summed E-state index contributed by atoms with van der Waals surface area (Å²) in [6, 6.07) is 11.0. The molecule has 2 aromatic carbocycles. The third-order valence-electron chi connectivity index (χ3n) is 6.56. The minimum Gasteiger partial charge on any atom is -0.444 e. The first-order chi connectivity index (χ1) is 18.3. The molecule has 0 radical (unpaired) electrons. The summed E-state index contributed by atoms with van der Waals surface area (Å²) in [6.45, 7) is 13.1. The highest BCUT2D eigenvalue weighted by atomic mass is 16.6. The predicted octanol–water partition coefficient (Wildman–Crippen LogP) is 5.89.